The first kappa shape index (κ1) is 21.9. The Balaban J connectivity index is 0.00000441. The lowest BCUT2D eigenvalue weighted by Gasteiger charge is -2.16. The van der Waals surface area contributed by atoms with Crippen molar-refractivity contribution in [2.45, 2.75) is 39.5 Å². The summed E-state index contributed by atoms with van der Waals surface area (Å²) in [4.78, 5) is 6.79. The van der Waals surface area contributed by atoms with Gasteiger partial charge in [0, 0.05) is 39.9 Å². The Morgan fingerprint density at radius 2 is 2.00 bits per heavy atom. The second-order valence-electron chi connectivity index (χ2n) is 5.75. The van der Waals surface area contributed by atoms with Crippen molar-refractivity contribution >= 4 is 29.9 Å². The maximum absolute atomic E-state index is 5.55. The smallest absolute Gasteiger partial charge is 0.190 e. The molecule has 0 amide bonds. The van der Waals surface area contributed by atoms with Gasteiger partial charge in [-0.15, -0.1) is 24.0 Å². The van der Waals surface area contributed by atoms with Crippen LogP contribution in [0.25, 0.3) is 0 Å². The number of halogens is 1. The number of guanidine groups is 1. The summed E-state index contributed by atoms with van der Waals surface area (Å²) in [6.07, 6.45) is 4.68. The minimum Gasteiger partial charge on any atom is -0.381 e. The van der Waals surface area contributed by atoms with Gasteiger partial charge >= 0.3 is 0 Å². The molecular formula is C16H35IN4O. The van der Waals surface area contributed by atoms with Crippen molar-refractivity contribution in [3.8, 4) is 0 Å². The lowest BCUT2D eigenvalue weighted by molar-refractivity contribution is 0.129. The summed E-state index contributed by atoms with van der Waals surface area (Å²) in [5.41, 5.74) is 0. The molecule has 0 saturated carbocycles. The number of aliphatic imine (C=N–C) groups is 1. The molecule has 1 unspecified atom stereocenters. The predicted octanol–water partition coefficient (Wildman–Crippen LogP) is 2.32. The first-order chi connectivity index (χ1) is 10.3. The van der Waals surface area contributed by atoms with E-state index in [1.54, 1.807) is 0 Å². The van der Waals surface area contributed by atoms with Crippen molar-refractivity contribution in [1.29, 1.82) is 0 Å². The first-order valence-corrected chi connectivity index (χ1v) is 8.54. The van der Waals surface area contributed by atoms with Gasteiger partial charge in [0.1, 0.15) is 0 Å². The van der Waals surface area contributed by atoms with Crippen molar-refractivity contribution in [3.05, 3.63) is 0 Å². The van der Waals surface area contributed by atoms with E-state index in [2.05, 4.69) is 34.4 Å². The van der Waals surface area contributed by atoms with E-state index < -0.39 is 0 Å². The van der Waals surface area contributed by atoms with Gasteiger partial charge in [-0.05, 0) is 38.3 Å². The maximum Gasteiger partial charge on any atom is 0.190 e. The van der Waals surface area contributed by atoms with Crippen molar-refractivity contribution in [3.63, 3.8) is 0 Å². The van der Waals surface area contributed by atoms with Gasteiger partial charge in [0.15, 0.2) is 5.96 Å². The summed E-state index contributed by atoms with van der Waals surface area (Å²) in [6, 6.07) is 0. The van der Waals surface area contributed by atoms with Gasteiger partial charge in [0.25, 0.3) is 0 Å². The molecule has 0 aromatic rings. The van der Waals surface area contributed by atoms with E-state index in [-0.39, 0.29) is 24.0 Å². The third-order valence-electron chi connectivity index (χ3n) is 4.00. The standard InChI is InChI=1S/C16H34N4O.HI/c1-4-6-11-21-12-7-9-18-16(17-3)19-13-15-8-10-20(5-2)14-15;/h15H,4-14H2,1-3H3,(H2,17,18,19);1H. The summed E-state index contributed by atoms with van der Waals surface area (Å²) >= 11 is 0. The number of likely N-dealkylation sites (tertiary alicyclic amines) is 1. The molecule has 6 heteroatoms. The highest BCUT2D eigenvalue weighted by molar-refractivity contribution is 14.0. The topological polar surface area (TPSA) is 48.9 Å². The molecule has 0 aliphatic carbocycles. The molecule has 2 N–H and O–H groups in total. The molecule has 1 fully saturated rings. The van der Waals surface area contributed by atoms with E-state index in [4.69, 9.17) is 4.74 Å². The Kier molecular flexibility index (Phi) is 14.5. The van der Waals surface area contributed by atoms with Gasteiger partial charge in [0.05, 0.1) is 0 Å². The van der Waals surface area contributed by atoms with Gasteiger partial charge < -0.3 is 20.3 Å². The molecule has 5 nitrogen and oxygen atoms in total. The van der Waals surface area contributed by atoms with E-state index in [9.17, 15) is 0 Å². The molecule has 1 heterocycles. The monoisotopic (exact) mass is 426 g/mol. The molecule has 0 radical (unpaired) electrons. The summed E-state index contributed by atoms with van der Waals surface area (Å²) in [7, 11) is 1.83. The summed E-state index contributed by atoms with van der Waals surface area (Å²) in [5.74, 6) is 1.67. The Labute approximate surface area is 153 Å². The van der Waals surface area contributed by atoms with Crippen molar-refractivity contribution < 1.29 is 4.74 Å². The lowest BCUT2D eigenvalue weighted by Crippen LogP contribution is -2.40. The summed E-state index contributed by atoms with van der Waals surface area (Å²) in [5, 5.41) is 6.79. The van der Waals surface area contributed by atoms with Crippen molar-refractivity contribution in [2.24, 2.45) is 10.9 Å². The molecule has 1 aliphatic rings. The predicted molar refractivity (Wildman–Crippen MR) is 105 cm³/mol. The van der Waals surface area contributed by atoms with E-state index in [1.807, 2.05) is 7.05 Å². The zero-order chi connectivity index (χ0) is 15.3. The molecular weight excluding hydrogens is 391 g/mol. The first-order valence-electron chi connectivity index (χ1n) is 8.54. The van der Waals surface area contributed by atoms with Crippen molar-refractivity contribution in [1.82, 2.24) is 15.5 Å². The summed E-state index contributed by atoms with van der Waals surface area (Å²) < 4.78 is 5.55. The minimum absolute atomic E-state index is 0. The van der Waals surface area contributed by atoms with Crippen LogP contribution in [0.2, 0.25) is 0 Å². The molecule has 1 atom stereocenters. The number of unbranched alkanes of at least 4 members (excludes halogenated alkanes) is 1. The Hall–Kier alpha value is -0.0800. The van der Waals surface area contributed by atoms with Crippen LogP contribution >= 0.6 is 24.0 Å². The number of nitrogens with zero attached hydrogens (tertiary/aromatic N) is 2. The van der Waals surface area contributed by atoms with E-state index in [1.165, 1.54) is 32.5 Å². The molecule has 22 heavy (non-hydrogen) atoms. The average Bonchev–Trinajstić information content (AvgIpc) is 2.97. The highest BCUT2D eigenvalue weighted by atomic mass is 127. The molecule has 0 bridgehead atoms. The van der Waals surface area contributed by atoms with Gasteiger partial charge in [-0.2, -0.15) is 0 Å². The fourth-order valence-corrected chi connectivity index (χ4v) is 2.56. The van der Waals surface area contributed by atoms with Gasteiger partial charge in [0.2, 0.25) is 0 Å². The van der Waals surface area contributed by atoms with Gasteiger partial charge in [-0.25, -0.2) is 0 Å². The number of nitrogens with one attached hydrogen (secondary N) is 2. The van der Waals surface area contributed by atoms with Crippen LogP contribution in [0.5, 0.6) is 0 Å². The summed E-state index contributed by atoms with van der Waals surface area (Å²) in [6.45, 7) is 11.7. The quantitative estimate of drug-likeness (QED) is 0.244. The third-order valence-corrected chi connectivity index (χ3v) is 4.00. The molecule has 132 valence electrons. The number of rotatable bonds is 10. The van der Waals surface area contributed by atoms with E-state index in [0.29, 0.717) is 0 Å². The highest BCUT2D eigenvalue weighted by Gasteiger charge is 2.20. The maximum atomic E-state index is 5.55. The van der Waals surface area contributed by atoms with E-state index >= 15 is 0 Å². The zero-order valence-electron chi connectivity index (χ0n) is 14.6. The second kappa shape index (κ2) is 14.5. The molecule has 1 aliphatic heterocycles. The van der Waals surface area contributed by atoms with Crippen LogP contribution in [-0.2, 0) is 4.74 Å². The number of ether oxygens (including phenoxy) is 1. The van der Waals surface area contributed by atoms with Crippen LogP contribution in [0.4, 0.5) is 0 Å². The third kappa shape index (κ3) is 9.84. The van der Waals surface area contributed by atoms with Crippen LogP contribution in [0, 0.1) is 5.92 Å². The fraction of sp³-hybridized carbons (Fsp3) is 0.938. The highest BCUT2D eigenvalue weighted by Crippen LogP contribution is 2.14. The molecule has 0 aromatic carbocycles. The Morgan fingerprint density at radius 1 is 1.23 bits per heavy atom. The van der Waals surface area contributed by atoms with Crippen LogP contribution in [0.1, 0.15) is 39.5 Å². The van der Waals surface area contributed by atoms with Gasteiger partial charge in [-0.3, -0.25) is 4.99 Å². The van der Waals surface area contributed by atoms with Crippen LogP contribution in [0.15, 0.2) is 4.99 Å². The molecule has 0 aromatic heterocycles. The van der Waals surface area contributed by atoms with Crippen LogP contribution < -0.4 is 10.6 Å². The fourth-order valence-electron chi connectivity index (χ4n) is 2.56. The average molecular weight is 426 g/mol. The number of hydrogen-bond donors (Lipinski definition) is 2. The number of hydrogen-bond acceptors (Lipinski definition) is 3. The SMILES string of the molecule is CCCCOCCCNC(=NC)NCC1CCN(CC)C1.I. The normalized spacial score (nSPS) is 19.0. The van der Waals surface area contributed by atoms with Crippen molar-refractivity contribution in [2.75, 3.05) is 53.0 Å². The second-order valence-corrected chi connectivity index (χ2v) is 5.75. The Bertz CT molecular complexity index is 289. The van der Waals surface area contributed by atoms with Crippen LogP contribution in [0.3, 0.4) is 0 Å². The minimum atomic E-state index is 0. The largest absolute Gasteiger partial charge is 0.381 e. The molecule has 1 saturated heterocycles. The zero-order valence-corrected chi connectivity index (χ0v) is 16.9. The van der Waals surface area contributed by atoms with Crippen LogP contribution in [-0.4, -0.2) is 63.8 Å². The Morgan fingerprint density at radius 3 is 2.64 bits per heavy atom. The molecule has 0 spiro atoms. The lowest BCUT2D eigenvalue weighted by atomic mass is 10.1. The molecule has 1 rings (SSSR count). The van der Waals surface area contributed by atoms with Gasteiger partial charge in [-0.1, -0.05) is 20.3 Å². The van der Waals surface area contributed by atoms with E-state index in [0.717, 1.165) is 51.0 Å².